The molecule has 7 nitrogen and oxygen atoms in total. The Kier molecular flexibility index (Phi) is 7.04. The first-order valence-corrected chi connectivity index (χ1v) is 8.20. The lowest BCUT2D eigenvalue weighted by atomic mass is 10.1. The minimum Gasteiger partial charge on any atom is -0.480 e. The number of methoxy groups -OCH3 is 2. The molecule has 2 rings (SSSR count). The molecule has 2 aromatic carbocycles. The molecule has 9 heteroatoms. The van der Waals surface area contributed by atoms with E-state index in [0.717, 1.165) is 0 Å². The molecule has 142 valence electrons. The summed E-state index contributed by atoms with van der Waals surface area (Å²) in [6, 6.07) is 8.31. The molecule has 0 heterocycles. The first-order chi connectivity index (χ1) is 12.8. The molecule has 0 unspecified atom stereocenters. The molecule has 0 radical (unpaired) electrons. The van der Waals surface area contributed by atoms with Crippen LogP contribution in [-0.2, 0) is 14.3 Å². The van der Waals surface area contributed by atoms with Crippen LogP contribution in [0.1, 0.15) is 20.7 Å². The van der Waals surface area contributed by atoms with E-state index < -0.39 is 24.5 Å². The molecule has 0 saturated carbocycles. The average Bonchev–Trinajstić information content (AvgIpc) is 2.67. The highest BCUT2D eigenvalue weighted by atomic mass is 35.5. The predicted octanol–water partition coefficient (Wildman–Crippen LogP) is 3.55. The number of esters is 3. The average molecular weight is 413 g/mol. The van der Waals surface area contributed by atoms with Crippen LogP contribution in [0.4, 0.5) is 0 Å². The summed E-state index contributed by atoms with van der Waals surface area (Å²) in [5, 5.41) is 0.657. The molecule has 0 aromatic heterocycles. The van der Waals surface area contributed by atoms with Gasteiger partial charge in [-0.1, -0.05) is 23.2 Å². The number of rotatable bonds is 6. The fourth-order valence-electron chi connectivity index (χ4n) is 2.01. The Bertz CT molecular complexity index is 846. The van der Waals surface area contributed by atoms with Crippen molar-refractivity contribution in [2.45, 2.75) is 0 Å². The Morgan fingerprint density at radius 3 is 2.04 bits per heavy atom. The van der Waals surface area contributed by atoms with Gasteiger partial charge in [-0.05, 0) is 30.3 Å². The van der Waals surface area contributed by atoms with Crippen LogP contribution in [-0.4, -0.2) is 38.7 Å². The molecule has 2 aromatic rings. The van der Waals surface area contributed by atoms with Crippen LogP contribution in [0.2, 0.25) is 10.0 Å². The number of halogens is 2. The summed E-state index contributed by atoms with van der Waals surface area (Å²) in [7, 11) is 2.36. The van der Waals surface area contributed by atoms with Gasteiger partial charge < -0.3 is 18.9 Å². The van der Waals surface area contributed by atoms with E-state index in [0.29, 0.717) is 5.02 Å². The maximum absolute atomic E-state index is 12.0. The fraction of sp³-hybridized carbons (Fsp3) is 0.167. The van der Waals surface area contributed by atoms with Crippen molar-refractivity contribution in [1.29, 1.82) is 0 Å². The zero-order valence-corrected chi connectivity index (χ0v) is 15.8. The van der Waals surface area contributed by atoms with Crippen molar-refractivity contribution in [3.63, 3.8) is 0 Å². The Hall–Kier alpha value is -2.77. The SMILES string of the molecule is COC(=O)c1cc(OC(=O)COc2cc(Cl)ccc2Cl)cc(C(=O)OC)c1. The molecule has 0 fully saturated rings. The molecule has 0 spiro atoms. The van der Waals surface area contributed by atoms with Gasteiger partial charge in [0, 0.05) is 11.1 Å². The molecule has 0 aliphatic rings. The van der Waals surface area contributed by atoms with Crippen LogP contribution in [0.25, 0.3) is 0 Å². The number of carbonyl (C=O) groups is 3. The van der Waals surface area contributed by atoms with Gasteiger partial charge in [0.05, 0.1) is 30.4 Å². The fourth-order valence-corrected chi connectivity index (χ4v) is 2.35. The van der Waals surface area contributed by atoms with Gasteiger partial charge in [-0.3, -0.25) is 0 Å². The van der Waals surface area contributed by atoms with Gasteiger partial charge in [-0.15, -0.1) is 0 Å². The van der Waals surface area contributed by atoms with Crippen LogP contribution in [0.15, 0.2) is 36.4 Å². The number of hydrogen-bond acceptors (Lipinski definition) is 7. The number of hydrogen-bond donors (Lipinski definition) is 0. The summed E-state index contributed by atoms with van der Waals surface area (Å²) < 4.78 is 19.6. The van der Waals surface area contributed by atoms with Crippen molar-refractivity contribution in [1.82, 2.24) is 0 Å². The molecule has 0 bridgehead atoms. The van der Waals surface area contributed by atoms with E-state index in [9.17, 15) is 14.4 Å². The largest absolute Gasteiger partial charge is 0.480 e. The second-order valence-electron chi connectivity index (χ2n) is 5.07. The zero-order valence-electron chi connectivity index (χ0n) is 14.3. The lowest BCUT2D eigenvalue weighted by Crippen LogP contribution is -2.18. The molecule has 0 aliphatic heterocycles. The summed E-state index contributed by atoms with van der Waals surface area (Å²) in [5.74, 6) is -2.05. The molecular formula is C18H14Cl2O7. The highest BCUT2D eigenvalue weighted by Crippen LogP contribution is 2.27. The first kappa shape index (κ1) is 20.5. The van der Waals surface area contributed by atoms with E-state index in [1.54, 1.807) is 6.07 Å². The first-order valence-electron chi connectivity index (χ1n) is 7.44. The predicted molar refractivity (Wildman–Crippen MR) is 96.7 cm³/mol. The maximum Gasteiger partial charge on any atom is 0.349 e. The standard InChI is InChI=1S/C18H14Cl2O7/c1-24-17(22)10-5-11(18(23)25-2)7-13(6-10)27-16(21)9-26-15-8-12(19)3-4-14(15)20/h3-8H,9H2,1-2H3. The van der Waals surface area contributed by atoms with E-state index in [1.807, 2.05) is 0 Å². The second kappa shape index (κ2) is 9.25. The van der Waals surface area contributed by atoms with Crippen LogP contribution in [0.3, 0.4) is 0 Å². The smallest absolute Gasteiger partial charge is 0.349 e. The second-order valence-corrected chi connectivity index (χ2v) is 5.91. The molecular weight excluding hydrogens is 399 g/mol. The third kappa shape index (κ3) is 5.60. The molecule has 0 atom stereocenters. The normalized spacial score (nSPS) is 10.1. The minimum atomic E-state index is -0.788. The summed E-state index contributed by atoms with van der Waals surface area (Å²) in [5.41, 5.74) is 0.0315. The van der Waals surface area contributed by atoms with Crippen molar-refractivity contribution in [2.24, 2.45) is 0 Å². The summed E-state index contributed by atoms with van der Waals surface area (Å²) in [6.07, 6.45) is 0. The zero-order chi connectivity index (χ0) is 20.0. The van der Waals surface area contributed by atoms with E-state index >= 15 is 0 Å². The minimum absolute atomic E-state index is 0.0157. The Morgan fingerprint density at radius 1 is 0.889 bits per heavy atom. The monoisotopic (exact) mass is 412 g/mol. The lowest BCUT2D eigenvalue weighted by molar-refractivity contribution is -0.136. The van der Waals surface area contributed by atoms with E-state index in [1.165, 1.54) is 44.6 Å². The summed E-state index contributed by atoms with van der Waals surface area (Å²) >= 11 is 11.8. The number of benzene rings is 2. The quantitative estimate of drug-likeness (QED) is 0.529. The van der Waals surface area contributed by atoms with Gasteiger partial charge in [0.2, 0.25) is 0 Å². The lowest BCUT2D eigenvalue weighted by Gasteiger charge is -2.10. The van der Waals surface area contributed by atoms with Gasteiger partial charge in [0.1, 0.15) is 11.5 Å². The van der Waals surface area contributed by atoms with Crippen LogP contribution in [0.5, 0.6) is 11.5 Å². The van der Waals surface area contributed by atoms with Crippen molar-refractivity contribution < 1.29 is 33.3 Å². The summed E-state index contributed by atoms with van der Waals surface area (Å²) in [4.78, 5) is 35.5. The van der Waals surface area contributed by atoms with Gasteiger partial charge in [0.25, 0.3) is 0 Å². The van der Waals surface area contributed by atoms with Gasteiger partial charge in [0.15, 0.2) is 6.61 Å². The van der Waals surface area contributed by atoms with Gasteiger partial charge in [-0.2, -0.15) is 0 Å². The van der Waals surface area contributed by atoms with Crippen LogP contribution in [0, 0.1) is 0 Å². The third-order valence-electron chi connectivity index (χ3n) is 3.22. The molecule has 0 aliphatic carbocycles. The van der Waals surface area contributed by atoms with Gasteiger partial charge >= 0.3 is 17.9 Å². The van der Waals surface area contributed by atoms with Crippen molar-refractivity contribution in [3.05, 3.63) is 57.6 Å². The highest BCUT2D eigenvalue weighted by molar-refractivity contribution is 6.34. The van der Waals surface area contributed by atoms with E-state index in [2.05, 4.69) is 9.47 Å². The molecule has 0 N–H and O–H groups in total. The highest BCUT2D eigenvalue weighted by Gasteiger charge is 2.16. The Labute approximate surface area is 164 Å². The topological polar surface area (TPSA) is 88.1 Å². The van der Waals surface area contributed by atoms with Crippen LogP contribution >= 0.6 is 23.2 Å². The molecule has 0 amide bonds. The van der Waals surface area contributed by atoms with Gasteiger partial charge in [-0.25, -0.2) is 14.4 Å². The molecule has 27 heavy (non-hydrogen) atoms. The van der Waals surface area contributed by atoms with Crippen molar-refractivity contribution in [2.75, 3.05) is 20.8 Å². The Morgan fingerprint density at radius 2 is 1.48 bits per heavy atom. The number of ether oxygens (including phenoxy) is 4. The van der Waals surface area contributed by atoms with Crippen molar-refractivity contribution >= 4 is 41.1 Å². The van der Waals surface area contributed by atoms with E-state index in [-0.39, 0.29) is 27.6 Å². The number of carbonyl (C=O) groups excluding carboxylic acids is 3. The maximum atomic E-state index is 12.0. The van der Waals surface area contributed by atoms with Crippen molar-refractivity contribution in [3.8, 4) is 11.5 Å². The van der Waals surface area contributed by atoms with E-state index in [4.69, 9.17) is 32.7 Å². The summed E-state index contributed by atoms with van der Waals surface area (Å²) in [6.45, 7) is -0.476. The van der Waals surface area contributed by atoms with Crippen LogP contribution < -0.4 is 9.47 Å². The molecule has 0 saturated heterocycles. The third-order valence-corrected chi connectivity index (χ3v) is 3.77. The Balaban J connectivity index is 2.15.